The first-order chi connectivity index (χ1) is 9.70. The predicted molar refractivity (Wildman–Crippen MR) is 83.5 cm³/mol. The van der Waals surface area contributed by atoms with Crippen LogP contribution in [0.2, 0.25) is 0 Å². The molecule has 0 aliphatic rings. The predicted octanol–water partition coefficient (Wildman–Crippen LogP) is 3.21. The van der Waals surface area contributed by atoms with Crippen molar-refractivity contribution in [3.8, 4) is 0 Å². The topological polar surface area (TPSA) is 66.4 Å². The van der Waals surface area contributed by atoms with Gasteiger partial charge in [-0.25, -0.2) is 0 Å². The number of carbonyl (C=O) groups is 2. The van der Waals surface area contributed by atoms with E-state index in [2.05, 4.69) is 26.1 Å². The normalized spacial score (nSPS) is 12.8. The molecule has 116 valence electrons. The van der Waals surface area contributed by atoms with Crippen molar-refractivity contribution in [2.24, 2.45) is 5.92 Å². The summed E-state index contributed by atoms with van der Waals surface area (Å²) in [5, 5.41) is 11.5. The quantitative estimate of drug-likeness (QED) is 0.845. The molecule has 21 heavy (non-hydrogen) atoms. The molecule has 1 aromatic carbocycles. The van der Waals surface area contributed by atoms with E-state index < -0.39 is 5.97 Å². The Labute approximate surface area is 126 Å². The molecule has 1 aromatic rings. The summed E-state index contributed by atoms with van der Waals surface area (Å²) >= 11 is 0. The second-order valence-electron chi connectivity index (χ2n) is 6.57. The summed E-state index contributed by atoms with van der Waals surface area (Å²) < 4.78 is 0. The van der Waals surface area contributed by atoms with Crippen LogP contribution in [-0.2, 0) is 10.2 Å². The number of carboxylic acid groups (broad SMARTS) is 1. The fourth-order valence-electron chi connectivity index (χ4n) is 1.96. The lowest BCUT2D eigenvalue weighted by molar-refractivity contribution is -0.137. The van der Waals surface area contributed by atoms with Gasteiger partial charge in [0.05, 0.1) is 0 Å². The Kier molecular flexibility index (Phi) is 5.94. The zero-order valence-corrected chi connectivity index (χ0v) is 13.3. The molecule has 0 spiro atoms. The molecule has 4 nitrogen and oxygen atoms in total. The second kappa shape index (κ2) is 7.25. The van der Waals surface area contributed by atoms with Crippen molar-refractivity contribution in [3.63, 3.8) is 0 Å². The van der Waals surface area contributed by atoms with Gasteiger partial charge < -0.3 is 10.4 Å². The van der Waals surface area contributed by atoms with Crippen LogP contribution in [0.3, 0.4) is 0 Å². The van der Waals surface area contributed by atoms with Crippen LogP contribution in [-0.4, -0.2) is 23.5 Å². The van der Waals surface area contributed by atoms with Crippen molar-refractivity contribution >= 4 is 11.9 Å². The number of amides is 1. The molecule has 1 amide bonds. The van der Waals surface area contributed by atoms with Gasteiger partial charge in [-0.1, -0.05) is 39.8 Å². The summed E-state index contributed by atoms with van der Waals surface area (Å²) in [6.07, 6.45) is 0.704. The Morgan fingerprint density at radius 2 is 1.76 bits per heavy atom. The van der Waals surface area contributed by atoms with Gasteiger partial charge in [0.15, 0.2) is 0 Å². The standard InChI is InChI=1S/C17H25NO3/c1-12(5-10-15(19)20)11-18-16(21)13-6-8-14(9-7-13)17(2,3)4/h6-9,12H,5,10-11H2,1-4H3,(H,18,21)(H,19,20). The molecule has 1 unspecified atom stereocenters. The number of rotatable bonds is 6. The largest absolute Gasteiger partial charge is 0.481 e. The number of aliphatic carboxylic acids is 1. The summed E-state index contributed by atoms with van der Waals surface area (Å²) in [6.45, 7) is 8.82. The van der Waals surface area contributed by atoms with E-state index >= 15 is 0 Å². The Bertz CT molecular complexity index is 486. The minimum atomic E-state index is -0.800. The Hall–Kier alpha value is -1.84. The van der Waals surface area contributed by atoms with E-state index in [9.17, 15) is 9.59 Å². The molecular weight excluding hydrogens is 266 g/mol. The number of benzene rings is 1. The molecule has 0 aliphatic heterocycles. The van der Waals surface area contributed by atoms with Crippen LogP contribution < -0.4 is 5.32 Å². The molecule has 1 rings (SSSR count). The van der Waals surface area contributed by atoms with Crippen molar-refractivity contribution in [2.75, 3.05) is 6.54 Å². The first-order valence-electron chi connectivity index (χ1n) is 7.30. The molecule has 0 heterocycles. The van der Waals surface area contributed by atoms with E-state index in [1.807, 2.05) is 31.2 Å². The minimum Gasteiger partial charge on any atom is -0.481 e. The molecule has 1 atom stereocenters. The maximum Gasteiger partial charge on any atom is 0.303 e. The van der Waals surface area contributed by atoms with E-state index in [-0.39, 0.29) is 23.7 Å². The van der Waals surface area contributed by atoms with Crippen LogP contribution in [0.15, 0.2) is 24.3 Å². The first-order valence-corrected chi connectivity index (χ1v) is 7.30. The average Bonchev–Trinajstić information content (AvgIpc) is 2.41. The van der Waals surface area contributed by atoms with Gasteiger partial charge >= 0.3 is 5.97 Å². The smallest absolute Gasteiger partial charge is 0.303 e. The fraction of sp³-hybridized carbons (Fsp3) is 0.529. The highest BCUT2D eigenvalue weighted by Gasteiger charge is 2.14. The Morgan fingerprint density at radius 3 is 2.24 bits per heavy atom. The molecule has 4 heteroatoms. The molecule has 0 saturated heterocycles. The summed E-state index contributed by atoms with van der Waals surface area (Å²) in [6, 6.07) is 7.61. The molecule has 0 fully saturated rings. The van der Waals surface area contributed by atoms with Crippen LogP contribution in [0.1, 0.15) is 56.5 Å². The number of hydrogen-bond donors (Lipinski definition) is 2. The van der Waals surface area contributed by atoms with Gasteiger partial charge in [-0.3, -0.25) is 9.59 Å². The number of carbonyl (C=O) groups excluding carboxylic acids is 1. The molecule has 2 N–H and O–H groups in total. The third kappa shape index (κ3) is 5.98. The maximum absolute atomic E-state index is 12.0. The summed E-state index contributed by atoms with van der Waals surface area (Å²) in [4.78, 5) is 22.5. The number of carboxylic acids is 1. The second-order valence-corrected chi connectivity index (χ2v) is 6.57. The monoisotopic (exact) mass is 291 g/mol. The lowest BCUT2D eigenvalue weighted by Gasteiger charge is -2.19. The van der Waals surface area contributed by atoms with E-state index in [4.69, 9.17) is 5.11 Å². The molecule has 0 saturated carbocycles. The molecule has 0 radical (unpaired) electrons. The van der Waals surface area contributed by atoms with Gasteiger partial charge in [-0.05, 0) is 35.4 Å². The van der Waals surface area contributed by atoms with Crippen molar-refractivity contribution in [1.29, 1.82) is 0 Å². The van der Waals surface area contributed by atoms with Gasteiger partial charge in [0.25, 0.3) is 5.91 Å². The number of nitrogens with one attached hydrogen (secondary N) is 1. The van der Waals surface area contributed by atoms with E-state index in [1.54, 1.807) is 0 Å². The maximum atomic E-state index is 12.0. The highest BCUT2D eigenvalue weighted by molar-refractivity contribution is 5.94. The van der Waals surface area contributed by atoms with Gasteiger partial charge in [-0.15, -0.1) is 0 Å². The lowest BCUT2D eigenvalue weighted by Crippen LogP contribution is -2.28. The van der Waals surface area contributed by atoms with Gasteiger partial charge in [0, 0.05) is 18.5 Å². The summed E-state index contributed by atoms with van der Waals surface area (Å²) in [5.41, 5.74) is 1.89. The highest BCUT2D eigenvalue weighted by Crippen LogP contribution is 2.22. The van der Waals surface area contributed by atoms with Gasteiger partial charge in [-0.2, -0.15) is 0 Å². The molecule has 0 aliphatic carbocycles. The SMILES string of the molecule is CC(CCC(=O)O)CNC(=O)c1ccc(C(C)(C)C)cc1. The molecule has 0 aromatic heterocycles. The Morgan fingerprint density at radius 1 is 1.19 bits per heavy atom. The number of hydrogen-bond acceptors (Lipinski definition) is 2. The van der Waals surface area contributed by atoms with Crippen LogP contribution >= 0.6 is 0 Å². The van der Waals surface area contributed by atoms with E-state index in [0.717, 1.165) is 0 Å². The lowest BCUT2D eigenvalue weighted by atomic mass is 9.87. The molecular formula is C17H25NO3. The van der Waals surface area contributed by atoms with Crippen molar-refractivity contribution in [3.05, 3.63) is 35.4 Å². The summed E-state index contributed by atoms with van der Waals surface area (Å²) in [7, 11) is 0. The highest BCUT2D eigenvalue weighted by atomic mass is 16.4. The zero-order valence-electron chi connectivity index (χ0n) is 13.3. The van der Waals surface area contributed by atoms with Crippen LogP contribution in [0.5, 0.6) is 0 Å². The van der Waals surface area contributed by atoms with E-state index in [1.165, 1.54) is 5.56 Å². The minimum absolute atomic E-state index is 0.0698. The Balaban J connectivity index is 2.51. The first kappa shape index (κ1) is 17.2. The third-order valence-corrected chi connectivity index (χ3v) is 3.48. The van der Waals surface area contributed by atoms with Crippen molar-refractivity contribution < 1.29 is 14.7 Å². The zero-order chi connectivity index (χ0) is 16.0. The molecule has 0 bridgehead atoms. The van der Waals surface area contributed by atoms with E-state index in [0.29, 0.717) is 18.5 Å². The van der Waals surface area contributed by atoms with Gasteiger partial charge in [0.2, 0.25) is 0 Å². The third-order valence-electron chi connectivity index (χ3n) is 3.48. The van der Waals surface area contributed by atoms with Crippen LogP contribution in [0.4, 0.5) is 0 Å². The van der Waals surface area contributed by atoms with Crippen LogP contribution in [0, 0.1) is 5.92 Å². The summed E-state index contributed by atoms with van der Waals surface area (Å²) in [5.74, 6) is -0.762. The van der Waals surface area contributed by atoms with Crippen LogP contribution in [0.25, 0.3) is 0 Å². The van der Waals surface area contributed by atoms with Crippen molar-refractivity contribution in [2.45, 2.75) is 46.0 Å². The van der Waals surface area contributed by atoms with Crippen molar-refractivity contribution in [1.82, 2.24) is 5.32 Å². The van der Waals surface area contributed by atoms with Gasteiger partial charge in [0.1, 0.15) is 0 Å². The fourth-order valence-corrected chi connectivity index (χ4v) is 1.96. The average molecular weight is 291 g/mol.